The molecule has 5 rings (SSSR count). The van der Waals surface area contributed by atoms with Gasteiger partial charge in [0, 0.05) is 47.1 Å². The number of benzene rings is 2. The Morgan fingerprint density at radius 3 is 2.74 bits per heavy atom. The topological polar surface area (TPSA) is 95.6 Å². The standard InChI is InChI=1S/C27H23ClN6O/c1-17(24-25(33-34-26(24)28)19-8-6-12-29-15-19)14-30-23-11-5-3-9-21(23)27(35)32-20-13-18-7-2-4-10-22(18)31-16-20/h2-13,15-17,30H,14H2,1H3,(H,32,35)(H,33,34). The van der Waals surface area contributed by atoms with Crippen molar-refractivity contribution in [1.29, 1.82) is 0 Å². The zero-order chi connectivity index (χ0) is 24.2. The van der Waals surface area contributed by atoms with Gasteiger partial charge in [0.05, 0.1) is 28.7 Å². The number of nitrogens with one attached hydrogen (secondary N) is 3. The van der Waals surface area contributed by atoms with Crippen LogP contribution in [-0.4, -0.2) is 32.6 Å². The van der Waals surface area contributed by atoms with Gasteiger partial charge in [-0.05, 0) is 36.4 Å². The van der Waals surface area contributed by atoms with Crippen molar-refractivity contribution in [1.82, 2.24) is 20.2 Å². The molecule has 174 valence electrons. The molecular formula is C27H23ClN6O. The van der Waals surface area contributed by atoms with Gasteiger partial charge in [-0.25, -0.2) is 0 Å². The van der Waals surface area contributed by atoms with Crippen LogP contribution in [0.4, 0.5) is 11.4 Å². The van der Waals surface area contributed by atoms with Crippen molar-refractivity contribution in [2.45, 2.75) is 12.8 Å². The Kier molecular flexibility index (Phi) is 6.41. The van der Waals surface area contributed by atoms with Gasteiger partial charge in [0.15, 0.2) is 0 Å². The van der Waals surface area contributed by atoms with E-state index in [0.717, 1.165) is 33.4 Å². The highest BCUT2D eigenvalue weighted by atomic mass is 35.5. The average molecular weight is 483 g/mol. The number of para-hydroxylation sites is 2. The number of nitrogens with zero attached hydrogens (tertiary/aromatic N) is 3. The van der Waals surface area contributed by atoms with E-state index in [-0.39, 0.29) is 11.8 Å². The first-order chi connectivity index (χ1) is 17.1. The second-order valence-corrected chi connectivity index (χ2v) is 8.62. The number of carbonyl (C=O) groups excluding carboxylic acids is 1. The molecule has 3 heterocycles. The summed E-state index contributed by atoms with van der Waals surface area (Å²) in [5.41, 5.74) is 5.35. The minimum atomic E-state index is -0.213. The molecular weight excluding hydrogens is 460 g/mol. The lowest BCUT2D eigenvalue weighted by atomic mass is 9.98. The Morgan fingerprint density at radius 1 is 1.06 bits per heavy atom. The van der Waals surface area contributed by atoms with E-state index in [1.807, 2.05) is 60.7 Å². The van der Waals surface area contributed by atoms with Crippen LogP contribution in [0.15, 0.2) is 85.3 Å². The maximum absolute atomic E-state index is 13.1. The van der Waals surface area contributed by atoms with Crippen LogP contribution in [0.3, 0.4) is 0 Å². The zero-order valence-corrected chi connectivity index (χ0v) is 19.8. The van der Waals surface area contributed by atoms with Crippen molar-refractivity contribution in [2.75, 3.05) is 17.2 Å². The Labute approximate surface area is 207 Å². The first-order valence-corrected chi connectivity index (χ1v) is 11.6. The first kappa shape index (κ1) is 22.6. The molecule has 2 aromatic carbocycles. The molecule has 1 unspecified atom stereocenters. The molecule has 0 aliphatic heterocycles. The molecule has 5 aromatic rings. The van der Waals surface area contributed by atoms with Crippen molar-refractivity contribution < 1.29 is 4.79 Å². The molecule has 0 saturated heterocycles. The van der Waals surface area contributed by atoms with E-state index >= 15 is 0 Å². The van der Waals surface area contributed by atoms with Crippen molar-refractivity contribution in [3.63, 3.8) is 0 Å². The van der Waals surface area contributed by atoms with Gasteiger partial charge in [-0.3, -0.25) is 19.9 Å². The Balaban J connectivity index is 1.33. The largest absolute Gasteiger partial charge is 0.384 e. The Bertz CT molecular complexity index is 1480. The summed E-state index contributed by atoms with van der Waals surface area (Å²) in [5, 5.41) is 15.1. The SMILES string of the molecule is CC(CNc1ccccc1C(=O)Nc1cnc2ccccc2c1)c1c(-c2cccnc2)n[nH]c1Cl. The molecule has 0 radical (unpaired) electrons. The van der Waals surface area contributed by atoms with Crippen LogP contribution in [0.1, 0.15) is 28.8 Å². The van der Waals surface area contributed by atoms with Gasteiger partial charge >= 0.3 is 0 Å². The molecule has 35 heavy (non-hydrogen) atoms. The predicted octanol–water partition coefficient (Wildman–Crippen LogP) is 6.14. The van der Waals surface area contributed by atoms with Gasteiger partial charge in [0.25, 0.3) is 5.91 Å². The smallest absolute Gasteiger partial charge is 0.257 e. The lowest BCUT2D eigenvalue weighted by Gasteiger charge is -2.17. The maximum Gasteiger partial charge on any atom is 0.257 e. The van der Waals surface area contributed by atoms with E-state index in [2.05, 4.69) is 37.7 Å². The third-order valence-corrected chi connectivity index (χ3v) is 6.09. The van der Waals surface area contributed by atoms with E-state index in [1.165, 1.54) is 0 Å². The monoisotopic (exact) mass is 482 g/mol. The number of pyridine rings is 2. The quantitative estimate of drug-likeness (QED) is 0.259. The molecule has 0 fully saturated rings. The number of H-pyrrole nitrogens is 1. The number of carbonyl (C=O) groups is 1. The third-order valence-electron chi connectivity index (χ3n) is 5.80. The molecule has 0 bridgehead atoms. The van der Waals surface area contributed by atoms with E-state index < -0.39 is 0 Å². The summed E-state index contributed by atoms with van der Waals surface area (Å²) in [6, 6.07) is 20.9. The number of rotatable bonds is 7. The summed E-state index contributed by atoms with van der Waals surface area (Å²) in [6.07, 6.45) is 5.15. The minimum absolute atomic E-state index is 0.0114. The van der Waals surface area contributed by atoms with Crippen LogP contribution in [0.25, 0.3) is 22.2 Å². The van der Waals surface area contributed by atoms with Gasteiger partial charge in [0.2, 0.25) is 0 Å². The highest BCUT2D eigenvalue weighted by molar-refractivity contribution is 6.30. The summed E-state index contributed by atoms with van der Waals surface area (Å²) in [6.45, 7) is 2.61. The van der Waals surface area contributed by atoms with Crippen molar-refractivity contribution in [3.05, 3.63) is 102 Å². The normalized spacial score (nSPS) is 11.8. The van der Waals surface area contributed by atoms with Crippen LogP contribution >= 0.6 is 11.6 Å². The molecule has 3 N–H and O–H groups in total. The number of halogens is 1. The van der Waals surface area contributed by atoms with Gasteiger partial charge in [-0.15, -0.1) is 0 Å². The second kappa shape index (κ2) is 9.95. The summed E-state index contributed by atoms with van der Waals surface area (Å²) in [4.78, 5) is 21.7. The highest BCUT2D eigenvalue weighted by Crippen LogP contribution is 2.33. The summed E-state index contributed by atoms with van der Waals surface area (Å²) in [7, 11) is 0. The molecule has 3 aromatic heterocycles. The van der Waals surface area contributed by atoms with Crippen LogP contribution in [0.5, 0.6) is 0 Å². The highest BCUT2D eigenvalue weighted by Gasteiger charge is 2.20. The molecule has 8 heteroatoms. The number of amides is 1. The van der Waals surface area contributed by atoms with Crippen molar-refractivity contribution >= 4 is 39.8 Å². The predicted molar refractivity (Wildman–Crippen MR) is 140 cm³/mol. The van der Waals surface area contributed by atoms with Gasteiger partial charge in [0.1, 0.15) is 5.15 Å². The van der Waals surface area contributed by atoms with Crippen molar-refractivity contribution in [2.24, 2.45) is 0 Å². The van der Waals surface area contributed by atoms with Crippen LogP contribution in [-0.2, 0) is 0 Å². The molecule has 1 atom stereocenters. The molecule has 7 nitrogen and oxygen atoms in total. The fourth-order valence-electron chi connectivity index (χ4n) is 4.04. The van der Waals surface area contributed by atoms with Crippen molar-refractivity contribution in [3.8, 4) is 11.3 Å². The Morgan fingerprint density at radius 2 is 1.89 bits per heavy atom. The number of aromatic amines is 1. The lowest BCUT2D eigenvalue weighted by Crippen LogP contribution is -2.17. The van der Waals surface area contributed by atoms with Crippen LogP contribution in [0.2, 0.25) is 5.15 Å². The number of hydrogen-bond donors (Lipinski definition) is 3. The second-order valence-electron chi connectivity index (χ2n) is 8.24. The number of anilines is 2. The van der Waals surface area contributed by atoms with Gasteiger partial charge < -0.3 is 10.6 Å². The summed E-state index contributed by atoms with van der Waals surface area (Å²) in [5.74, 6) is -0.201. The van der Waals surface area contributed by atoms with Crippen LogP contribution < -0.4 is 10.6 Å². The summed E-state index contributed by atoms with van der Waals surface area (Å²) >= 11 is 6.45. The fourth-order valence-corrected chi connectivity index (χ4v) is 4.36. The summed E-state index contributed by atoms with van der Waals surface area (Å²) < 4.78 is 0. The number of hydrogen-bond acceptors (Lipinski definition) is 5. The molecule has 0 saturated carbocycles. The minimum Gasteiger partial charge on any atom is -0.384 e. The fraction of sp³-hybridized carbons (Fsp3) is 0.111. The molecule has 0 aliphatic carbocycles. The molecule has 1 amide bonds. The van der Waals surface area contributed by atoms with E-state index in [0.29, 0.717) is 22.9 Å². The van der Waals surface area contributed by atoms with E-state index in [9.17, 15) is 4.79 Å². The van der Waals surface area contributed by atoms with E-state index in [4.69, 9.17) is 11.6 Å². The van der Waals surface area contributed by atoms with Crippen LogP contribution in [0, 0.1) is 0 Å². The van der Waals surface area contributed by atoms with Gasteiger partial charge in [-0.1, -0.05) is 48.9 Å². The Hall–Kier alpha value is -4.23. The number of fused-ring (bicyclic) bond motifs is 1. The third kappa shape index (κ3) is 4.85. The number of aromatic nitrogens is 4. The average Bonchev–Trinajstić information content (AvgIpc) is 3.29. The van der Waals surface area contributed by atoms with E-state index in [1.54, 1.807) is 24.7 Å². The first-order valence-electron chi connectivity index (χ1n) is 11.2. The lowest BCUT2D eigenvalue weighted by molar-refractivity contribution is 0.102. The molecule has 0 aliphatic rings. The molecule has 0 spiro atoms. The van der Waals surface area contributed by atoms with Gasteiger partial charge in [-0.2, -0.15) is 5.10 Å². The maximum atomic E-state index is 13.1. The zero-order valence-electron chi connectivity index (χ0n) is 19.0.